The minimum Gasteiger partial charge on any atom is -0.392 e. The predicted octanol–water partition coefficient (Wildman–Crippen LogP) is 0.519. The molecular formula is C6H10F3NO. The molecule has 2 nitrogen and oxygen atoms in total. The van der Waals surface area contributed by atoms with Crippen molar-refractivity contribution in [3.8, 4) is 0 Å². The zero-order chi connectivity index (χ0) is 8.48. The molecule has 1 heterocycles. The number of alkyl halides is 3. The molecule has 11 heavy (non-hydrogen) atoms. The van der Waals surface area contributed by atoms with E-state index in [1.807, 2.05) is 0 Å². The molecule has 0 saturated carbocycles. The summed E-state index contributed by atoms with van der Waals surface area (Å²) in [6.07, 6.45) is -5.31. The Hall–Kier alpha value is -0.290. The average molecular weight is 169 g/mol. The van der Waals surface area contributed by atoms with E-state index in [0.29, 0.717) is 6.54 Å². The summed E-state index contributed by atoms with van der Waals surface area (Å²) >= 11 is 0. The first-order chi connectivity index (χ1) is 5.02. The van der Waals surface area contributed by atoms with Gasteiger partial charge in [0.25, 0.3) is 0 Å². The molecule has 0 spiro atoms. The second-order valence-electron chi connectivity index (χ2n) is 2.71. The number of aliphatic hydroxyl groups excluding tert-OH is 1. The van der Waals surface area contributed by atoms with Gasteiger partial charge in [0, 0.05) is 6.54 Å². The van der Waals surface area contributed by atoms with Crippen LogP contribution in [0.5, 0.6) is 0 Å². The minimum absolute atomic E-state index is 0.162. The van der Waals surface area contributed by atoms with E-state index in [9.17, 15) is 13.2 Å². The van der Waals surface area contributed by atoms with Gasteiger partial charge in [-0.3, -0.25) is 0 Å². The molecule has 0 aromatic rings. The quantitative estimate of drug-likeness (QED) is 0.554. The van der Waals surface area contributed by atoms with Gasteiger partial charge in [0.15, 0.2) is 0 Å². The fourth-order valence-corrected chi connectivity index (χ4v) is 1.18. The smallest absolute Gasteiger partial charge is 0.392 e. The van der Waals surface area contributed by atoms with E-state index >= 15 is 0 Å². The highest BCUT2D eigenvalue weighted by atomic mass is 19.4. The van der Waals surface area contributed by atoms with Gasteiger partial charge in [0.1, 0.15) is 0 Å². The lowest BCUT2D eigenvalue weighted by Gasteiger charge is -2.29. The van der Waals surface area contributed by atoms with E-state index in [0.717, 1.165) is 0 Å². The third-order valence-corrected chi connectivity index (χ3v) is 1.87. The van der Waals surface area contributed by atoms with Gasteiger partial charge in [0.2, 0.25) is 0 Å². The monoisotopic (exact) mass is 169 g/mol. The molecule has 0 radical (unpaired) electrons. The maximum atomic E-state index is 12.0. The van der Waals surface area contributed by atoms with E-state index in [1.54, 1.807) is 0 Å². The Morgan fingerprint density at radius 3 is 2.36 bits per heavy atom. The van der Waals surface area contributed by atoms with Gasteiger partial charge in [-0.05, 0) is 13.0 Å². The van der Waals surface area contributed by atoms with Crippen LogP contribution in [0.2, 0.25) is 0 Å². The number of piperidine rings is 1. The molecule has 1 rings (SSSR count). The highest BCUT2D eigenvalue weighted by Gasteiger charge is 2.44. The van der Waals surface area contributed by atoms with Crippen LogP contribution in [0.1, 0.15) is 6.42 Å². The van der Waals surface area contributed by atoms with Gasteiger partial charge < -0.3 is 10.4 Å². The van der Waals surface area contributed by atoms with Crippen molar-refractivity contribution in [2.24, 2.45) is 5.92 Å². The molecule has 1 saturated heterocycles. The normalized spacial score (nSPS) is 33.8. The Labute approximate surface area is 62.4 Å². The standard InChI is InChI=1S/C6H10F3NO/c7-6(8,9)4-3-10-2-1-5(4)11/h4-5,10-11H,1-3H2/t4-,5-/m0/s1. The van der Waals surface area contributed by atoms with Crippen LogP contribution >= 0.6 is 0 Å². The van der Waals surface area contributed by atoms with Crippen LogP contribution in [-0.4, -0.2) is 30.5 Å². The van der Waals surface area contributed by atoms with Gasteiger partial charge in [-0.15, -0.1) is 0 Å². The number of rotatable bonds is 0. The molecule has 0 bridgehead atoms. The number of hydrogen-bond acceptors (Lipinski definition) is 2. The molecule has 0 aliphatic carbocycles. The van der Waals surface area contributed by atoms with Gasteiger partial charge in [-0.1, -0.05) is 0 Å². The molecule has 66 valence electrons. The van der Waals surface area contributed by atoms with E-state index in [1.165, 1.54) is 0 Å². The van der Waals surface area contributed by atoms with Crippen LogP contribution in [0, 0.1) is 5.92 Å². The van der Waals surface area contributed by atoms with E-state index in [4.69, 9.17) is 5.11 Å². The van der Waals surface area contributed by atoms with E-state index in [2.05, 4.69) is 5.32 Å². The molecule has 2 N–H and O–H groups in total. The van der Waals surface area contributed by atoms with Crippen molar-refractivity contribution in [3.63, 3.8) is 0 Å². The summed E-state index contributed by atoms with van der Waals surface area (Å²) in [5, 5.41) is 11.5. The molecule has 5 heteroatoms. The lowest BCUT2D eigenvalue weighted by Crippen LogP contribution is -2.47. The van der Waals surface area contributed by atoms with Crippen molar-refractivity contribution < 1.29 is 18.3 Å². The summed E-state index contributed by atoms with van der Waals surface area (Å²) in [6.45, 7) is 0.304. The van der Waals surface area contributed by atoms with Crippen molar-refractivity contribution in [1.29, 1.82) is 0 Å². The first-order valence-electron chi connectivity index (χ1n) is 3.47. The predicted molar refractivity (Wildman–Crippen MR) is 33.0 cm³/mol. The van der Waals surface area contributed by atoms with E-state index < -0.39 is 18.2 Å². The van der Waals surface area contributed by atoms with Crippen LogP contribution in [0.15, 0.2) is 0 Å². The molecule has 0 unspecified atom stereocenters. The van der Waals surface area contributed by atoms with Gasteiger partial charge in [-0.2, -0.15) is 13.2 Å². The second kappa shape index (κ2) is 2.98. The Bertz CT molecular complexity index is 136. The summed E-state index contributed by atoms with van der Waals surface area (Å²) in [5.74, 6) is -1.59. The van der Waals surface area contributed by atoms with Crippen molar-refractivity contribution in [3.05, 3.63) is 0 Å². The average Bonchev–Trinajstić information content (AvgIpc) is 1.86. The molecule has 2 atom stereocenters. The molecule has 1 aliphatic rings. The first-order valence-corrected chi connectivity index (χ1v) is 3.47. The lowest BCUT2D eigenvalue weighted by atomic mass is 9.96. The van der Waals surface area contributed by atoms with Crippen LogP contribution < -0.4 is 5.32 Å². The largest absolute Gasteiger partial charge is 0.395 e. The number of aliphatic hydroxyl groups is 1. The molecule has 1 aliphatic heterocycles. The van der Waals surface area contributed by atoms with Crippen molar-refractivity contribution in [1.82, 2.24) is 5.32 Å². The van der Waals surface area contributed by atoms with Crippen molar-refractivity contribution >= 4 is 0 Å². The number of hydrogen-bond donors (Lipinski definition) is 2. The van der Waals surface area contributed by atoms with Crippen LogP contribution in [0.3, 0.4) is 0 Å². The van der Waals surface area contributed by atoms with E-state index in [-0.39, 0.29) is 13.0 Å². The highest BCUT2D eigenvalue weighted by molar-refractivity contribution is 4.82. The SMILES string of the molecule is O[C@H]1CCNC[C@@H]1C(F)(F)F. The Morgan fingerprint density at radius 2 is 2.00 bits per heavy atom. The summed E-state index contributed by atoms with van der Waals surface area (Å²) in [6, 6.07) is 0. The number of nitrogens with one attached hydrogen (secondary N) is 1. The van der Waals surface area contributed by atoms with Crippen LogP contribution in [0.25, 0.3) is 0 Å². The summed E-state index contributed by atoms with van der Waals surface area (Å²) in [4.78, 5) is 0. The van der Waals surface area contributed by atoms with Gasteiger partial charge >= 0.3 is 6.18 Å². The summed E-state index contributed by atoms with van der Waals surface area (Å²) in [7, 11) is 0. The lowest BCUT2D eigenvalue weighted by molar-refractivity contribution is -0.203. The Kier molecular flexibility index (Phi) is 2.39. The topological polar surface area (TPSA) is 32.3 Å². The zero-order valence-electron chi connectivity index (χ0n) is 5.86. The second-order valence-corrected chi connectivity index (χ2v) is 2.71. The van der Waals surface area contributed by atoms with Crippen LogP contribution in [0.4, 0.5) is 13.2 Å². The third kappa shape index (κ3) is 2.07. The maximum Gasteiger partial charge on any atom is 0.395 e. The summed E-state index contributed by atoms with van der Waals surface area (Å²) in [5.41, 5.74) is 0. The fourth-order valence-electron chi connectivity index (χ4n) is 1.18. The Balaban J connectivity index is 2.55. The van der Waals surface area contributed by atoms with Gasteiger partial charge in [0.05, 0.1) is 12.0 Å². The molecule has 1 fully saturated rings. The molecule has 0 aromatic carbocycles. The number of halogens is 3. The molecular weight excluding hydrogens is 159 g/mol. The zero-order valence-corrected chi connectivity index (χ0v) is 5.86. The minimum atomic E-state index is -4.27. The highest BCUT2D eigenvalue weighted by Crippen LogP contribution is 2.30. The van der Waals surface area contributed by atoms with Crippen molar-refractivity contribution in [2.75, 3.05) is 13.1 Å². The fraction of sp³-hybridized carbons (Fsp3) is 1.00. The Morgan fingerprint density at radius 1 is 1.36 bits per heavy atom. The maximum absolute atomic E-state index is 12.0. The van der Waals surface area contributed by atoms with Crippen LogP contribution in [-0.2, 0) is 0 Å². The third-order valence-electron chi connectivity index (χ3n) is 1.87. The van der Waals surface area contributed by atoms with Crippen molar-refractivity contribution in [2.45, 2.75) is 18.7 Å². The first kappa shape index (κ1) is 8.80. The molecule has 0 amide bonds. The molecule has 0 aromatic heterocycles. The van der Waals surface area contributed by atoms with Gasteiger partial charge in [-0.25, -0.2) is 0 Å². The summed E-state index contributed by atoms with van der Waals surface area (Å²) < 4.78 is 36.0.